The maximum absolute atomic E-state index is 13.0. The molecular formula is C20H20FN7O. The number of carbonyl (C=O) groups excluding carboxylic acids is 1. The lowest BCUT2D eigenvalue weighted by Crippen LogP contribution is -2.36. The molecule has 0 aliphatic rings. The summed E-state index contributed by atoms with van der Waals surface area (Å²) in [6.45, 7) is 2.33. The maximum atomic E-state index is 13.0. The highest BCUT2D eigenvalue weighted by Crippen LogP contribution is 2.16. The summed E-state index contributed by atoms with van der Waals surface area (Å²) in [6.07, 6.45) is 5.25. The van der Waals surface area contributed by atoms with E-state index in [1.807, 2.05) is 6.92 Å². The monoisotopic (exact) mass is 393 g/mol. The number of nitrogens with zero attached hydrogens (tertiary/aromatic N) is 4. The highest BCUT2D eigenvalue weighted by atomic mass is 19.1. The van der Waals surface area contributed by atoms with Crippen molar-refractivity contribution in [2.45, 2.75) is 19.5 Å². The van der Waals surface area contributed by atoms with Crippen LogP contribution in [-0.4, -0.2) is 39.1 Å². The molecule has 29 heavy (non-hydrogen) atoms. The molecule has 0 radical (unpaired) electrons. The van der Waals surface area contributed by atoms with Crippen LogP contribution in [0.25, 0.3) is 11.4 Å². The van der Waals surface area contributed by atoms with Gasteiger partial charge in [-0.25, -0.2) is 4.39 Å². The zero-order chi connectivity index (χ0) is 20.6. The Morgan fingerprint density at radius 3 is 2.86 bits per heavy atom. The minimum absolute atomic E-state index is 0.199. The summed E-state index contributed by atoms with van der Waals surface area (Å²) in [7, 11) is 0. The van der Waals surface area contributed by atoms with Crippen molar-refractivity contribution >= 4 is 24.0 Å². The molecule has 3 N–H and O–H groups in total. The lowest BCUT2D eigenvalue weighted by atomic mass is 10.1. The van der Waals surface area contributed by atoms with E-state index in [-0.39, 0.29) is 11.9 Å². The SMILES string of the molecule is C[C@@H](Cn1ccc(-c2ccc(F)cn2)n1)NC(=O)c1ccccc1N/N=C\C=N. The van der Waals surface area contributed by atoms with E-state index >= 15 is 0 Å². The topological polar surface area (TPSA) is 108 Å². The van der Waals surface area contributed by atoms with Gasteiger partial charge in [-0.1, -0.05) is 12.1 Å². The molecule has 0 saturated carbocycles. The fourth-order valence-electron chi connectivity index (χ4n) is 2.68. The molecule has 9 heteroatoms. The van der Waals surface area contributed by atoms with Gasteiger partial charge in [-0.05, 0) is 37.3 Å². The Morgan fingerprint density at radius 2 is 2.10 bits per heavy atom. The Kier molecular flexibility index (Phi) is 6.41. The molecule has 3 rings (SSSR count). The third-order valence-corrected chi connectivity index (χ3v) is 3.97. The number of carbonyl (C=O) groups is 1. The number of pyridine rings is 1. The van der Waals surface area contributed by atoms with Crippen LogP contribution in [0.2, 0.25) is 0 Å². The van der Waals surface area contributed by atoms with Gasteiger partial charge < -0.3 is 10.7 Å². The fourth-order valence-corrected chi connectivity index (χ4v) is 2.68. The predicted octanol–water partition coefficient (Wildman–Crippen LogP) is 2.95. The number of hydrogen-bond acceptors (Lipinski definition) is 6. The van der Waals surface area contributed by atoms with Crippen molar-refractivity contribution in [1.82, 2.24) is 20.1 Å². The van der Waals surface area contributed by atoms with Gasteiger partial charge in [-0.3, -0.25) is 19.9 Å². The van der Waals surface area contributed by atoms with E-state index in [1.54, 1.807) is 47.3 Å². The summed E-state index contributed by atoms with van der Waals surface area (Å²) in [4.78, 5) is 16.7. The van der Waals surface area contributed by atoms with Crippen molar-refractivity contribution in [3.63, 3.8) is 0 Å². The van der Waals surface area contributed by atoms with Gasteiger partial charge in [0, 0.05) is 18.5 Å². The second kappa shape index (κ2) is 9.36. The van der Waals surface area contributed by atoms with E-state index in [2.05, 4.69) is 25.9 Å². The molecule has 0 unspecified atom stereocenters. The fraction of sp³-hybridized carbons (Fsp3) is 0.150. The first kappa shape index (κ1) is 19.9. The minimum atomic E-state index is -0.400. The number of aromatic nitrogens is 3. The van der Waals surface area contributed by atoms with Crippen LogP contribution in [0.5, 0.6) is 0 Å². The van der Waals surface area contributed by atoms with Gasteiger partial charge in [-0.15, -0.1) is 0 Å². The Labute approximate surface area is 167 Å². The second-order valence-electron chi connectivity index (χ2n) is 6.26. The molecule has 1 aromatic carbocycles. The van der Waals surface area contributed by atoms with Gasteiger partial charge in [0.1, 0.15) is 11.5 Å². The van der Waals surface area contributed by atoms with Crippen molar-refractivity contribution < 1.29 is 9.18 Å². The zero-order valence-electron chi connectivity index (χ0n) is 15.7. The third kappa shape index (κ3) is 5.32. The Hall–Kier alpha value is -3.88. The largest absolute Gasteiger partial charge is 0.348 e. The van der Waals surface area contributed by atoms with Crippen molar-refractivity contribution in [2.24, 2.45) is 5.10 Å². The standard InChI is InChI=1S/C20H20FN7O/c1-14(13-28-11-8-19(27-28)18-7-6-15(21)12-23-18)25-20(29)16-4-2-3-5-17(16)26-24-10-9-22/h2-12,14,22,26H,13H2,1H3,(H,25,29)/b22-9?,24-10-/t14-/m0/s1. The van der Waals surface area contributed by atoms with Crippen LogP contribution in [0.1, 0.15) is 17.3 Å². The van der Waals surface area contributed by atoms with Crippen LogP contribution in [0, 0.1) is 11.2 Å². The van der Waals surface area contributed by atoms with Crippen molar-refractivity contribution in [2.75, 3.05) is 5.43 Å². The quantitative estimate of drug-likeness (QED) is 0.404. The van der Waals surface area contributed by atoms with Crippen LogP contribution in [0.4, 0.5) is 10.1 Å². The van der Waals surface area contributed by atoms with Crippen molar-refractivity contribution in [3.8, 4) is 11.4 Å². The highest BCUT2D eigenvalue weighted by molar-refractivity contribution is 6.14. The number of benzene rings is 1. The zero-order valence-corrected chi connectivity index (χ0v) is 15.7. The number of halogens is 1. The minimum Gasteiger partial charge on any atom is -0.348 e. The number of hydrogen-bond donors (Lipinski definition) is 3. The van der Waals surface area contributed by atoms with Crippen LogP contribution >= 0.6 is 0 Å². The molecule has 8 nitrogen and oxygen atoms in total. The van der Waals surface area contributed by atoms with Crippen molar-refractivity contribution in [1.29, 1.82) is 5.41 Å². The molecule has 2 heterocycles. The molecule has 1 amide bonds. The number of para-hydroxylation sites is 1. The predicted molar refractivity (Wildman–Crippen MR) is 110 cm³/mol. The van der Waals surface area contributed by atoms with Gasteiger partial charge in [0.15, 0.2) is 0 Å². The summed E-state index contributed by atoms with van der Waals surface area (Å²) >= 11 is 0. The maximum Gasteiger partial charge on any atom is 0.253 e. The van der Waals surface area contributed by atoms with E-state index in [0.717, 1.165) is 12.4 Å². The first-order chi connectivity index (χ1) is 14.1. The summed E-state index contributed by atoms with van der Waals surface area (Å²) in [6, 6.07) is 11.5. The number of rotatable bonds is 8. The lowest BCUT2D eigenvalue weighted by Gasteiger charge is -2.15. The number of amides is 1. The van der Waals surface area contributed by atoms with Gasteiger partial charge in [0.25, 0.3) is 5.91 Å². The van der Waals surface area contributed by atoms with E-state index in [1.165, 1.54) is 12.3 Å². The van der Waals surface area contributed by atoms with E-state index < -0.39 is 5.82 Å². The molecule has 0 aliphatic carbocycles. The second-order valence-corrected chi connectivity index (χ2v) is 6.26. The molecular weight excluding hydrogens is 373 g/mol. The first-order valence-corrected chi connectivity index (χ1v) is 8.90. The van der Waals surface area contributed by atoms with Crippen LogP contribution in [0.15, 0.2) is 60.0 Å². The van der Waals surface area contributed by atoms with Crippen LogP contribution in [0.3, 0.4) is 0 Å². The Balaban J connectivity index is 1.63. The average Bonchev–Trinajstić information content (AvgIpc) is 3.17. The summed E-state index contributed by atoms with van der Waals surface area (Å²) < 4.78 is 14.7. The van der Waals surface area contributed by atoms with Gasteiger partial charge in [0.2, 0.25) is 0 Å². The number of anilines is 1. The molecule has 0 fully saturated rings. The Morgan fingerprint density at radius 1 is 1.28 bits per heavy atom. The summed E-state index contributed by atoms with van der Waals surface area (Å²) in [5, 5.41) is 18.2. The van der Waals surface area contributed by atoms with Crippen molar-refractivity contribution in [3.05, 3.63) is 66.2 Å². The molecule has 0 spiro atoms. The molecule has 3 aromatic rings. The smallest absolute Gasteiger partial charge is 0.253 e. The third-order valence-electron chi connectivity index (χ3n) is 3.97. The van der Waals surface area contributed by atoms with Gasteiger partial charge >= 0.3 is 0 Å². The lowest BCUT2D eigenvalue weighted by molar-refractivity contribution is 0.0937. The molecule has 0 saturated heterocycles. The number of hydrazone groups is 1. The van der Waals surface area contributed by atoms with Gasteiger partial charge in [0.05, 0.1) is 35.9 Å². The van der Waals surface area contributed by atoms with Crippen LogP contribution < -0.4 is 10.7 Å². The van der Waals surface area contributed by atoms with E-state index in [9.17, 15) is 9.18 Å². The molecule has 148 valence electrons. The number of nitrogens with one attached hydrogen (secondary N) is 3. The average molecular weight is 393 g/mol. The van der Waals surface area contributed by atoms with Crippen LogP contribution in [-0.2, 0) is 6.54 Å². The normalized spacial score (nSPS) is 11.9. The molecule has 2 aromatic heterocycles. The molecule has 0 aliphatic heterocycles. The van der Waals surface area contributed by atoms with E-state index in [4.69, 9.17) is 5.41 Å². The summed E-state index contributed by atoms with van der Waals surface area (Å²) in [5.41, 5.74) is 4.94. The molecule has 0 bridgehead atoms. The molecule has 1 atom stereocenters. The first-order valence-electron chi connectivity index (χ1n) is 8.90. The summed E-state index contributed by atoms with van der Waals surface area (Å²) in [5.74, 6) is -0.652. The highest BCUT2D eigenvalue weighted by Gasteiger charge is 2.14. The Bertz CT molecular complexity index is 1010. The van der Waals surface area contributed by atoms with E-state index in [0.29, 0.717) is 29.2 Å². The van der Waals surface area contributed by atoms with Gasteiger partial charge in [-0.2, -0.15) is 10.2 Å².